The van der Waals surface area contributed by atoms with Gasteiger partial charge in [-0.3, -0.25) is 9.78 Å². The fourth-order valence-corrected chi connectivity index (χ4v) is 4.43. The number of likely N-dealkylation sites (tertiary alicyclic amines) is 1. The average molecular weight is 466 g/mol. The highest BCUT2D eigenvalue weighted by molar-refractivity contribution is 5.95. The zero-order valence-electron chi connectivity index (χ0n) is 18.5. The lowest BCUT2D eigenvalue weighted by Crippen LogP contribution is -2.58. The average Bonchev–Trinajstić information content (AvgIpc) is 2.78. The molecule has 0 radical (unpaired) electrons. The van der Waals surface area contributed by atoms with Crippen LogP contribution in [-0.4, -0.2) is 54.4 Å². The van der Waals surface area contributed by atoms with Gasteiger partial charge in [-0.05, 0) is 43.7 Å². The number of methoxy groups -OCH3 is 1. The second-order valence-corrected chi connectivity index (χ2v) is 9.04. The molecule has 1 aromatic heterocycles. The number of benzene rings is 1. The van der Waals surface area contributed by atoms with Gasteiger partial charge in [0.2, 0.25) is 5.92 Å². The van der Waals surface area contributed by atoms with E-state index in [9.17, 15) is 13.6 Å². The maximum absolute atomic E-state index is 15.2. The number of amides is 1. The summed E-state index contributed by atoms with van der Waals surface area (Å²) in [5.74, 6) is -6.02. The molecule has 2 aliphatic rings. The number of carbonyl (C=O) groups excluding carboxylic acids is 1. The maximum atomic E-state index is 15.2. The molecule has 1 aromatic carbocycles. The molecule has 2 fully saturated rings. The summed E-state index contributed by atoms with van der Waals surface area (Å²) in [6, 6.07) is 9.33. The predicted octanol–water partition coefficient (Wildman–Crippen LogP) is 4.95. The van der Waals surface area contributed by atoms with Gasteiger partial charge in [0.1, 0.15) is 0 Å². The van der Waals surface area contributed by atoms with Gasteiger partial charge in [0, 0.05) is 37.1 Å². The molecule has 5 nitrogen and oxygen atoms in total. The molecule has 1 saturated heterocycles. The molecular weight excluding hydrogens is 440 g/mol. The van der Waals surface area contributed by atoms with E-state index in [1.807, 2.05) is 0 Å². The smallest absolute Gasteiger partial charge is 0.276 e. The molecule has 0 N–H and O–H groups in total. The zero-order chi connectivity index (χ0) is 23.9. The first-order valence-electron chi connectivity index (χ1n) is 10.8. The van der Waals surface area contributed by atoms with Crippen molar-refractivity contribution in [2.24, 2.45) is 5.92 Å². The number of aromatic nitrogens is 1. The van der Waals surface area contributed by atoms with Gasteiger partial charge < -0.3 is 14.4 Å². The van der Waals surface area contributed by atoms with Crippen LogP contribution in [0.4, 0.5) is 17.6 Å². The Morgan fingerprint density at radius 3 is 2.52 bits per heavy atom. The van der Waals surface area contributed by atoms with E-state index < -0.39 is 29.7 Å². The summed E-state index contributed by atoms with van der Waals surface area (Å²) in [5.41, 5.74) is -0.986. The van der Waals surface area contributed by atoms with Gasteiger partial charge in [-0.15, -0.1) is 0 Å². The number of alkyl halides is 4. The standard InChI is InChI=1S/C24H26F4N2O3/c1-22(20-5-3-4-9-29-20)8-10-30(15-24(22,27)28)21(31)17-6-7-18(19(11-17)32-2)33-14-16-12-23(25,26)13-16/h3-7,9,11,16H,8,10,12-15H2,1-2H3. The normalized spacial score (nSPS) is 24.1. The van der Waals surface area contributed by atoms with E-state index in [-0.39, 0.29) is 49.6 Å². The molecule has 2 heterocycles. The van der Waals surface area contributed by atoms with Gasteiger partial charge in [0.05, 0.1) is 31.4 Å². The van der Waals surface area contributed by atoms with Crippen molar-refractivity contribution in [2.45, 2.75) is 43.4 Å². The van der Waals surface area contributed by atoms with E-state index in [2.05, 4.69) is 4.98 Å². The Balaban J connectivity index is 1.45. The van der Waals surface area contributed by atoms with Crippen LogP contribution in [0.15, 0.2) is 42.6 Å². The van der Waals surface area contributed by atoms with Crippen LogP contribution < -0.4 is 9.47 Å². The molecule has 1 saturated carbocycles. The summed E-state index contributed by atoms with van der Waals surface area (Å²) >= 11 is 0. The molecule has 33 heavy (non-hydrogen) atoms. The summed E-state index contributed by atoms with van der Waals surface area (Å²) in [4.78, 5) is 18.3. The third-order valence-electron chi connectivity index (χ3n) is 6.66. The van der Waals surface area contributed by atoms with Crippen LogP contribution in [0.5, 0.6) is 11.5 Å². The first kappa shape index (κ1) is 23.3. The lowest BCUT2D eigenvalue weighted by atomic mass is 9.74. The first-order chi connectivity index (χ1) is 15.5. The van der Waals surface area contributed by atoms with Gasteiger partial charge in [-0.25, -0.2) is 17.6 Å². The number of hydrogen-bond acceptors (Lipinski definition) is 4. The SMILES string of the molecule is COc1cc(C(=O)N2CCC(C)(c3ccccn3)C(F)(F)C2)ccc1OCC1CC(F)(F)C1. The van der Waals surface area contributed by atoms with Crippen molar-refractivity contribution in [3.05, 3.63) is 53.9 Å². The van der Waals surface area contributed by atoms with Gasteiger partial charge >= 0.3 is 0 Å². The second kappa shape index (κ2) is 8.50. The molecule has 0 bridgehead atoms. The molecule has 0 spiro atoms. The fraction of sp³-hybridized carbons (Fsp3) is 0.500. The van der Waals surface area contributed by atoms with E-state index in [4.69, 9.17) is 9.47 Å². The van der Waals surface area contributed by atoms with Crippen LogP contribution in [-0.2, 0) is 5.41 Å². The Bertz CT molecular complexity index is 1010. The third kappa shape index (κ3) is 4.50. The summed E-state index contributed by atoms with van der Waals surface area (Å²) in [6.07, 6.45) is 1.12. The molecular formula is C24H26F4N2O3. The highest BCUT2D eigenvalue weighted by atomic mass is 19.3. The Morgan fingerprint density at radius 2 is 1.91 bits per heavy atom. The minimum absolute atomic E-state index is 0.0626. The number of pyridine rings is 1. The van der Waals surface area contributed by atoms with E-state index in [1.54, 1.807) is 18.2 Å². The van der Waals surface area contributed by atoms with Gasteiger partial charge in [0.25, 0.3) is 11.8 Å². The molecule has 1 aliphatic heterocycles. The van der Waals surface area contributed by atoms with E-state index in [0.29, 0.717) is 11.4 Å². The zero-order valence-corrected chi connectivity index (χ0v) is 18.5. The van der Waals surface area contributed by atoms with Gasteiger partial charge in [0.15, 0.2) is 11.5 Å². The number of rotatable bonds is 6. The largest absolute Gasteiger partial charge is 0.493 e. The second-order valence-electron chi connectivity index (χ2n) is 9.04. The Labute approximate surface area is 189 Å². The van der Waals surface area contributed by atoms with Crippen molar-refractivity contribution >= 4 is 5.91 Å². The lowest BCUT2D eigenvalue weighted by Gasteiger charge is -2.45. The Morgan fingerprint density at radius 1 is 1.15 bits per heavy atom. The molecule has 178 valence electrons. The van der Waals surface area contributed by atoms with Crippen molar-refractivity contribution in [3.8, 4) is 11.5 Å². The van der Waals surface area contributed by atoms with Crippen molar-refractivity contribution in [1.82, 2.24) is 9.88 Å². The number of carbonyl (C=O) groups is 1. The van der Waals surface area contributed by atoms with E-state index in [1.165, 1.54) is 38.4 Å². The number of nitrogens with zero attached hydrogens (tertiary/aromatic N) is 2. The van der Waals surface area contributed by atoms with Crippen molar-refractivity contribution in [1.29, 1.82) is 0 Å². The van der Waals surface area contributed by atoms with Crippen molar-refractivity contribution in [2.75, 3.05) is 26.8 Å². The molecule has 1 aliphatic carbocycles. The van der Waals surface area contributed by atoms with Crippen LogP contribution in [0.3, 0.4) is 0 Å². The van der Waals surface area contributed by atoms with Crippen molar-refractivity contribution in [3.63, 3.8) is 0 Å². The first-order valence-corrected chi connectivity index (χ1v) is 10.8. The van der Waals surface area contributed by atoms with E-state index >= 15 is 8.78 Å². The van der Waals surface area contributed by atoms with Gasteiger partial charge in [-0.2, -0.15) is 0 Å². The Hall–Kier alpha value is -2.84. The molecule has 1 atom stereocenters. The minimum atomic E-state index is -3.17. The lowest BCUT2D eigenvalue weighted by molar-refractivity contribution is -0.119. The maximum Gasteiger partial charge on any atom is 0.276 e. The summed E-state index contributed by atoms with van der Waals surface area (Å²) in [7, 11) is 1.39. The topological polar surface area (TPSA) is 51.7 Å². The fourth-order valence-electron chi connectivity index (χ4n) is 4.43. The van der Waals surface area contributed by atoms with Crippen molar-refractivity contribution < 1.29 is 31.8 Å². The monoisotopic (exact) mass is 466 g/mol. The molecule has 4 rings (SSSR count). The minimum Gasteiger partial charge on any atom is -0.493 e. The predicted molar refractivity (Wildman–Crippen MR) is 113 cm³/mol. The van der Waals surface area contributed by atoms with Crippen LogP contribution >= 0.6 is 0 Å². The number of piperidine rings is 1. The summed E-state index contributed by atoms with van der Waals surface area (Å²) in [6.45, 7) is 1.02. The number of hydrogen-bond donors (Lipinski definition) is 0. The van der Waals surface area contributed by atoms with E-state index in [0.717, 1.165) is 4.90 Å². The summed E-state index contributed by atoms with van der Waals surface area (Å²) < 4.78 is 67.3. The number of halogens is 4. The molecule has 2 aromatic rings. The quantitative estimate of drug-likeness (QED) is 0.565. The number of ether oxygens (including phenoxy) is 2. The van der Waals surface area contributed by atoms with Gasteiger partial charge in [-0.1, -0.05) is 6.07 Å². The highest BCUT2D eigenvalue weighted by Crippen LogP contribution is 2.46. The third-order valence-corrected chi connectivity index (χ3v) is 6.66. The highest BCUT2D eigenvalue weighted by Gasteiger charge is 2.56. The Kier molecular flexibility index (Phi) is 6.01. The molecule has 9 heteroatoms. The molecule has 1 unspecified atom stereocenters. The van der Waals surface area contributed by atoms with Crippen LogP contribution in [0.25, 0.3) is 0 Å². The molecule has 1 amide bonds. The summed E-state index contributed by atoms with van der Waals surface area (Å²) in [5, 5.41) is 0. The van der Waals surface area contributed by atoms with Crippen LogP contribution in [0, 0.1) is 5.92 Å². The van der Waals surface area contributed by atoms with Crippen LogP contribution in [0.2, 0.25) is 0 Å². The van der Waals surface area contributed by atoms with Crippen LogP contribution in [0.1, 0.15) is 42.2 Å².